The average Bonchev–Trinajstić information content (AvgIpc) is 3.04. The van der Waals surface area contributed by atoms with E-state index in [4.69, 9.17) is 4.84 Å². The molecule has 0 spiro atoms. The van der Waals surface area contributed by atoms with E-state index in [1.807, 2.05) is 24.3 Å². The number of nitrogens with one attached hydrogen (secondary N) is 2. The lowest BCUT2D eigenvalue weighted by Crippen LogP contribution is -2.40. The topological polar surface area (TPSA) is 50.4 Å². The maximum Gasteiger partial charge on any atom is 0.266 e. The van der Waals surface area contributed by atoms with E-state index in [1.54, 1.807) is 0 Å². The summed E-state index contributed by atoms with van der Waals surface area (Å²) < 4.78 is 0. The van der Waals surface area contributed by atoms with Crippen LogP contribution >= 0.6 is 0 Å². The van der Waals surface area contributed by atoms with Crippen molar-refractivity contribution in [2.24, 2.45) is 0 Å². The number of fused-ring (bicyclic) bond motifs is 1. The molecule has 4 heteroatoms. The van der Waals surface area contributed by atoms with Gasteiger partial charge in [-0.1, -0.05) is 31.0 Å². The predicted octanol–water partition coefficient (Wildman–Crippen LogP) is 2.01. The van der Waals surface area contributed by atoms with Gasteiger partial charge >= 0.3 is 0 Å². The Morgan fingerprint density at radius 3 is 2.83 bits per heavy atom. The molecule has 1 fully saturated rings. The van der Waals surface area contributed by atoms with Gasteiger partial charge in [-0.05, 0) is 24.5 Å². The molecule has 1 amide bonds. The van der Waals surface area contributed by atoms with Crippen LogP contribution < -0.4 is 10.8 Å². The van der Waals surface area contributed by atoms with Crippen molar-refractivity contribution in [3.8, 4) is 0 Å². The molecule has 96 valence electrons. The van der Waals surface area contributed by atoms with Crippen LogP contribution in [0.1, 0.15) is 31.2 Å². The third-order valence-electron chi connectivity index (χ3n) is 3.72. The van der Waals surface area contributed by atoms with Crippen molar-refractivity contribution in [2.45, 2.75) is 44.2 Å². The number of amides is 1. The van der Waals surface area contributed by atoms with Crippen LogP contribution in [0.25, 0.3) is 0 Å². The molecule has 1 aromatic carbocycles. The first-order chi connectivity index (χ1) is 8.83. The number of rotatable bonds is 3. The molecule has 0 aromatic heterocycles. The number of hydrogen-bond donors (Lipinski definition) is 2. The smallest absolute Gasteiger partial charge is 0.266 e. The Morgan fingerprint density at radius 2 is 2.06 bits per heavy atom. The Bertz CT molecular complexity index is 416. The highest BCUT2D eigenvalue weighted by Crippen LogP contribution is 2.25. The van der Waals surface area contributed by atoms with Crippen LogP contribution in [-0.4, -0.2) is 18.1 Å². The Balaban J connectivity index is 1.52. The molecule has 1 atom stereocenters. The van der Waals surface area contributed by atoms with Gasteiger partial charge < -0.3 is 5.32 Å². The first kappa shape index (κ1) is 11.5. The van der Waals surface area contributed by atoms with Gasteiger partial charge in [0.15, 0.2) is 0 Å². The molecular formula is C14H18N2O2. The second-order valence-corrected chi connectivity index (χ2v) is 5.05. The van der Waals surface area contributed by atoms with Gasteiger partial charge in [-0.15, -0.1) is 0 Å². The lowest BCUT2D eigenvalue weighted by atomic mass is 10.1. The summed E-state index contributed by atoms with van der Waals surface area (Å²) in [4.78, 5) is 17.4. The Morgan fingerprint density at radius 1 is 1.28 bits per heavy atom. The van der Waals surface area contributed by atoms with E-state index >= 15 is 0 Å². The summed E-state index contributed by atoms with van der Waals surface area (Å²) in [7, 11) is 0. The molecule has 0 saturated heterocycles. The third-order valence-corrected chi connectivity index (χ3v) is 3.72. The minimum atomic E-state index is -0.205. The molecule has 3 rings (SSSR count). The molecule has 1 aromatic rings. The molecule has 18 heavy (non-hydrogen) atoms. The average molecular weight is 246 g/mol. The highest BCUT2D eigenvalue weighted by Gasteiger charge is 2.27. The Hall–Kier alpha value is -1.55. The summed E-state index contributed by atoms with van der Waals surface area (Å²) in [5, 5.41) is 3.22. The van der Waals surface area contributed by atoms with E-state index in [0.29, 0.717) is 0 Å². The second-order valence-electron chi connectivity index (χ2n) is 5.05. The van der Waals surface area contributed by atoms with Gasteiger partial charge in [0, 0.05) is 12.1 Å². The summed E-state index contributed by atoms with van der Waals surface area (Å²) in [5.41, 5.74) is 4.85. The molecule has 0 bridgehead atoms. The van der Waals surface area contributed by atoms with E-state index in [2.05, 4.69) is 10.8 Å². The zero-order valence-corrected chi connectivity index (χ0v) is 10.3. The molecule has 4 nitrogen and oxygen atoms in total. The van der Waals surface area contributed by atoms with Crippen LogP contribution in [0.2, 0.25) is 0 Å². The van der Waals surface area contributed by atoms with E-state index in [0.717, 1.165) is 24.9 Å². The molecule has 1 aliphatic heterocycles. The molecule has 1 aliphatic carbocycles. The van der Waals surface area contributed by atoms with E-state index in [9.17, 15) is 4.79 Å². The van der Waals surface area contributed by atoms with Crippen LogP contribution in [0, 0.1) is 0 Å². The highest BCUT2D eigenvalue weighted by molar-refractivity contribution is 5.86. The number of anilines is 1. The maximum atomic E-state index is 12.0. The van der Waals surface area contributed by atoms with Crippen LogP contribution in [0.3, 0.4) is 0 Å². The first-order valence-corrected chi connectivity index (χ1v) is 6.63. The van der Waals surface area contributed by atoms with Crippen LogP contribution in [-0.2, 0) is 16.1 Å². The van der Waals surface area contributed by atoms with Crippen LogP contribution in [0.4, 0.5) is 5.69 Å². The van der Waals surface area contributed by atoms with Gasteiger partial charge in [-0.3, -0.25) is 9.63 Å². The standard InChI is InChI=1S/C14H18N2O2/c17-14(16-18-11-6-2-3-7-11)13-9-10-5-1-4-8-12(10)15-13/h1,4-5,8,11,13,15H,2-3,6-7,9H2,(H,16,17). The molecule has 0 radical (unpaired) electrons. The molecular weight excluding hydrogens is 228 g/mol. The minimum absolute atomic E-state index is 0.0712. The number of para-hydroxylation sites is 1. The molecule has 1 saturated carbocycles. The van der Waals surface area contributed by atoms with Crippen LogP contribution in [0.5, 0.6) is 0 Å². The largest absolute Gasteiger partial charge is 0.373 e. The Labute approximate surface area is 107 Å². The zero-order valence-electron chi connectivity index (χ0n) is 10.3. The quantitative estimate of drug-likeness (QED) is 0.802. The number of carbonyl (C=O) groups is 1. The number of hydroxylamine groups is 1. The van der Waals surface area contributed by atoms with Crippen LogP contribution in [0.15, 0.2) is 24.3 Å². The van der Waals surface area contributed by atoms with Crippen molar-refractivity contribution < 1.29 is 9.63 Å². The lowest BCUT2D eigenvalue weighted by molar-refractivity contribution is -0.138. The lowest BCUT2D eigenvalue weighted by Gasteiger charge is -2.15. The summed E-state index contributed by atoms with van der Waals surface area (Å²) >= 11 is 0. The number of benzene rings is 1. The van der Waals surface area contributed by atoms with Gasteiger partial charge in [-0.25, -0.2) is 5.48 Å². The van der Waals surface area contributed by atoms with Gasteiger partial charge in [-0.2, -0.15) is 0 Å². The first-order valence-electron chi connectivity index (χ1n) is 6.63. The van der Waals surface area contributed by atoms with E-state index < -0.39 is 0 Å². The van der Waals surface area contributed by atoms with Crippen molar-refractivity contribution in [3.05, 3.63) is 29.8 Å². The predicted molar refractivity (Wildman–Crippen MR) is 69.0 cm³/mol. The third kappa shape index (κ3) is 2.34. The normalized spacial score (nSPS) is 22.6. The van der Waals surface area contributed by atoms with Crippen molar-refractivity contribution in [1.82, 2.24) is 5.48 Å². The fraction of sp³-hybridized carbons (Fsp3) is 0.500. The number of carbonyl (C=O) groups excluding carboxylic acids is 1. The van der Waals surface area contributed by atoms with Gasteiger partial charge in [0.1, 0.15) is 6.04 Å². The van der Waals surface area contributed by atoms with E-state index in [-0.39, 0.29) is 18.1 Å². The summed E-state index contributed by atoms with van der Waals surface area (Å²) in [6.45, 7) is 0. The van der Waals surface area contributed by atoms with Crippen molar-refractivity contribution >= 4 is 11.6 Å². The summed E-state index contributed by atoms with van der Waals surface area (Å²) in [6, 6.07) is 7.81. The summed E-state index contributed by atoms with van der Waals surface area (Å²) in [5.74, 6) is -0.0712. The molecule has 1 heterocycles. The minimum Gasteiger partial charge on any atom is -0.373 e. The SMILES string of the molecule is O=C(NOC1CCCC1)C1Cc2ccccc2N1. The summed E-state index contributed by atoms with van der Waals surface area (Å²) in [6.07, 6.45) is 5.45. The number of hydrogen-bond acceptors (Lipinski definition) is 3. The van der Waals surface area contributed by atoms with Gasteiger partial charge in [0.2, 0.25) is 0 Å². The van der Waals surface area contributed by atoms with Crippen molar-refractivity contribution in [3.63, 3.8) is 0 Å². The Kier molecular flexibility index (Phi) is 3.19. The van der Waals surface area contributed by atoms with Gasteiger partial charge in [0.25, 0.3) is 5.91 Å². The maximum absolute atomic E-state index is 12.0. The molecule has 2 N–H and O–H groups in total. The fourth-order valence-corrected chi connectivity index (χ4v) is 2.67. The highest BCUT2D eigenvalue weighted by atomic mass is 16.7. The van der Waals surface area contributed by atoms with Gasteiger partial charge in [0.05, 0.1) is 6.10 Å². The monoisotopic (exact) mass is 246 g/mol. The van der Waals surface area contributed by atoms with Crippen molar-refractivity contribution in [2.75, 3.05) is 5.32 Å². The molecule has 2 aliphatic rings. The zero-order chi connectivity index (χ0) is 12.4. The van der Waals surface area contributed by atoms with E-state index in [1.165, 1.54) is 18.4 Å². The second kappa shape index (κ2) is 4.98. The van der Waals surface area contributed by atoms with Crippen molar-refractivity contribution in [1.29, 1.82) is 0 Å². The molecule has 1 unspecified atom stereocenters. The fourth-order valence-electron chi connectivity index (χ4n) is 2.67.